The van der Waals surface area contributed by atoms with Crippen LogP contribution < -0.4 is 0 Å². The van der Waals surface area contributed by atoms with Crippen molar-refractivity contribution in [3.05, 3.63) is 84.2 Å². The zero-order valence-electron chi connectivity index (χ0n) is 11.2. The van der Waals surface area contributed by atoms with E-state index in [4.69, 9.17) is 0 Å². The van der Waals surface area contributed by atoms with E-state index in [0.717, 1.165) is 0 Å². The molecule has 3 aromatic rings. The minimum atomic E-state index is -1.51. The van der Waals surface area contributed by atoms with Crippen molar-refractivity contribution in [1.29, 1.82) is 0 Å². The minimum Gasteiger partial charge on any atom is -0.378 e. The highest BCUT2D eigenvalue weighted by Crippen LogP contribution is 2.32. The van der Waals surface area contributed by atoms with Crippen LogP contribution in [0, 0.1) is 5.82 Å². The van der Waals surface area contributed by atoms with Gasteiger partial charge in [0, 0.05) is 5.56 Å². The summed E-state index contributed by atoms with van der Waals surface area (Å²) < 4.78 is 15.7. The first kappa shape index (κ1) is 13.5. The first-order valence-corrected chi connectivity index (χ1v) is 6.55. The van der Waals surface area contributed by atoms with Gasteiger partial charge in [-0.3, -0.25) is 0 Å². The third kappa shape index (κ3) is 2.55. The maximum absolute atomic E-state index is 14.2. The van der Waals surface area contributed by atoms with Crippen LogP contribution in [0.4, 0.5) is 4.39 Å². The summed E-state index contributed by atoms with van der Waals surface area (Å²) in [7, 11) is 0. The van der Waals surface area contributed by atoms with Gasteiger partial charge in [0.1, 0.15) is 24.1 Å². The van der Waals surface area contributed by atoms with E-state index < -0.39 is 11.4 Å². The summed E-state index contributed by atoms with van der Waals surface area (Å²) in [5.74, 6) is -0.455. The standard InChI is InChI=1S/C16H14FN3O/c17-15-9-5-4-8-14(15)16(21,10-20-12-18-11-19-20)13-6-2-1-3-7-13/h1-9,11-12,21H,10H2. The van der Waals surface area contributed by atoms with Crippen molar-refractivity contribution < 1.29 is 9.50 Å². The molecule has 0 bridgehead atoms. The van der Waals surface area contributed by atoms with E-state index in [0.29, 0.717) is 5.56 Å². The lowest BCUT2D eigenvalue weighted by atomic mass is 9.86. The highest BCUT2D eigenvalue weighted by atomic mass is 19.1. The van der Waals surface area contributed by atoms with Crippen molar-refractivity contribution >= 4 is 0 Å². The van der Waals surface area contributed by atoms with Crippen molar-refractivity contribution in [2.24, 2.45) is 0 Å². The molecule has 0 aliphatic carbocycles. The molecule has 2 aromatic carbocycles. The molecule has 21 heavy (non-hydrogen) atoms. The molecule has 5 heteroatoms. The quantitative estimate of drug-likeness (QED) is 0.799. The van der Waals surface area contributed by atoms with Crippen molar-refractivity contribution in [2.45, 2.75) is 12.1 Å². The van der Waals surface area contributed by atoms with E-state index in [9.17, 15) is 9.50 Å². The molecule has 1 aromatic heterocycles. The molecule has 0 saturated heterocycles. The molecule has 1 unspecified atom stereocenters. The number of hydrogen-bond donors (Lipinski definition) is 1. The van der Waals surface area contributed by atoms with Crippen molar-refractivity contribution in [3.8, 4) is 0 Å². The molecule has 4 nitrogen and oxygen atoms in total. The number of hydrogen-bond acceptors (Lipinski definition) is 3. The Bertz CT molecular complexity index is 715. The normalized spacial score (nSPS) is 13.8. The maximum atomic E-state index is 14.2. The molecule has 0 aliphatic heterocycles. The minimum absolute atomic E-state index is 0.0813. The molecule has 0 amide bonds. The first-order chi connectivity index (χ1) is 10.2. The van der Waals surface area contributed by atoms with Crippen LogP contribution in [0.25, 0.3) is 0 Å². The Labute approximate surface area is 121 Å². The molecule has 0 radical (unpaired) electrons. The summed E-state index contributed by atoms with van der Waals surface area (Å²) in [6, 6.07) is 15.2. The van der Waals surface area contributed by atoms with Crippen LogP contribution in [-0.4, -0.2) is 19.9 Å². The predicted molar refractivity (Wildman–Crippen MR) is 75.9 cm³/mol. The maximum Gasteiger partial charge on any atom is 0.137 e. The van der Waals surface area contributed by atoms with Crippen LogP contribution in [0.2, 0.25) is 0 Å². The molecular weight excluding hydrogens is 269 g/mol. The smallest absolute Gasteiger partial charge is 0.137 e. The lowest BCUT2D eigenvalue weighted by molar-refractivity contribution is 0.0536. The van der Waals surface area contributed by atoms with Gasteiger partial charge in [0.25, 0.3) is 0 Å². The fourth-order valence-electron chi connectivity index (χ4n) is 2.39. The zero-order valence-corrected chi connectivity index (χ0v) is 11.2. The predicted octanol–water partition coefficient (Wildman–Crippen LogP) is 2.35. The van der Waals surface area contributed by atoms with E-state index in [1.807, 2.05) is 18.2 Å². The van der Waals surface area contributed by atoms with Crippen LogP contribution in [0.3, 0.4) is 0 Å². The molecule has 0 spiro atoms. The summed E-state index contributed by atoms with van der Waals surface area (Å²) >= 11 is 0. The van der Waals surface area contributed by atoms with E-state index in [-0.39, 0.29) is 12.1 Å². The molecule has 1 atom stereocenters. The zero-order chi connectivity index (χ0) is 14.7. The SMILES string of the molecule is OC(Cn1cncn1)(c1ccccc1)c1ccccc1F. The third-order valence-corrected chi connectivity index (χ3v) is 3.43. The van der Waals surface area contributed by atoms with Gasteiger partial charge in [-0.1, -0.05) is 48.5 Å². The summed E-state index contributed by atoms with van der Waals surface area (Å²) in [6.45, 7) is 0.0813. The molecule has 1 heterocycles. The number of rotatable bonds is 4. The molecule has 1 N–H and O–H groups in total. The average molecular weight is 283 g/mol. The highest BCUT2D eigenvalue weighted by molar-refractivity contribution is 5.36. The van der Waals surface area contributed by atoms with Gasteiger partial charge in [0.15, 0.2) is 0 Å². The lowest BCUT2D eigenvalue weighted by Gasteiger charge is -2.29. The number of halogens is 1. The van der Waals surface area contributed by atoms with Crippen molar-refractivity contribution in [3.63, 3.8) is 0 Å². The number of nitrogens with zero attached hydrogens (tertiary/aromatic N) is 3. The Kier molecular flexibility index (Phi) is 3.50. The fraction of sp³-hybridized carbons (Fsp3) is 0.125. The van der Waals surface area contributed by atoms with Crippen molar-refractivity contribution in [2.75, 3.05) is 0 Å². The molecule has 0 saturated carbocycles. The van der Waals surface area contributed by atoms with Crippen LogP contribution in [-0.2, 0) is 12.1 Å². The summed E-state index contributed by atoms with van der Waals surface area (Å²) in [6.07, 6.45) is 2.88. The lowest BCUT2D eigenvalue weighted by Crippen LogP contribution is -2.34. The largest absolute Gasteiger partial charge is 0.378 e. The third-order valence-electron chi connectivity index (χ3n) is 3.43. The average Bonchev–Trinajstić information content (AvgIpc) is 3.01. The molecule has 106 valence electrons. The van der Waals surface area contributed by atoms with E-state index in [1.54, 1.807) is 30.3 Å². The Hall–Kier alpha value is -2.53. The van der Waals surface area contributed by atoms with Gasteiger partial charge in [-0.2, -0.15) is 5.10 Å². The second kappa shape index (κ2) is 5.46. The van der Waals surface area contributed by atoms with Crippen LogP contribution in [0.15, 0.2) is 67.3 Å². The topological polar surface area (TPSA) is 50.9 Å². The number of aliphatic hydroxyl groups is 1. The van der Waals surface area contributed by atoms with Crippen LogP contribution >= 0.6 is 0 Å². The van der Waals surface area contributed by atoms with Gasteiger partial charge in [-0.25, -0.2) is 14.1 Å². The summed E-state index contributed by atoms with van der Waals surface area (Å²) in [4.78, 5) is 3.86. The molecular formula is C16H14FN3O. The monoisotopic (exact) mass is 283 g/mol. The molecule has 0 fully saturated rings. The van der Waals surface area contributed by atoms with E-state index in [1.165, 1.54) is 23.4 Å². The van der Waals surface area contributed by atoms with Crippen LogP contribution in [0.5, 0.6) is 0 Å². The molecule has 0 aliphatic rings. The summed E-state index contributed by atoms with van der Waals surface area (Å²) in [5.41, 5.74) is -0.697. The summed E-state index contributed by atoms with van der Waals surface area (Å²) in [5, 5.41) is 15.2. The Morgan fingerprint density at radius 1 is 1.05 bits per heavy atom. The first-order valence-electron chi connectivity index (χ1n) is 6.55. The van der Waals surface area contributed by atoms with Gasteiger partial charge in [-0.15, -0.1) is 0 Å². The Morgan fingerprint density at radius 2 is 1.76 bits per heavy atom. The Balaban J connectivity index is 2.13. The number of aromatic nitrogens is 3. The fourth-order valence-corrected chi connectivity index (χ4v) is 2.39. The second-order valence-corrected chi connectivity index (χ2v) is 4.80. The van der Waals surface area contributed by atoms with Gasteiger partial charge in [-0.05, 0) is 11.6 Å². The number of benzene rings is 2. The van der Waals surface area contributed by atoms with Crippen molar-refractivity contribution in [1.82, 2.24) is 14.8 Å². The van der Waals surface area contributed by atoms with Gasteiger partial charge in [0.2, 0.25) is 0 Å². The molecule has 3 rings (SSSR count). The van der Waals surface area contributed by atoms with Gasteiger partial charge < -0.3 is 5.11 Å². The van der Waals surface area contributed by atoms with Gasteiger partial charge in [0.05, 0.1) is 6.54 Å². The van der Waals surface area contributed by atoms with E-state index in [2.05, 4.69) is 10.1 Å². The van der Waals surface area contributed by atoms with Gasteiger partial charge >= 0.3 is 0 Å². The van der Waals surface area contributed by atoms with Crippen LogP contribution in [0.1, 0.15) is 11.1 Å². The Morgan fingerprint density at radius 3 is 2.43 bits per heavy atom. The second-order valence-electron chi connectivity index (χ2n) is 4.80. The highest BCUT2D eigenvalue weighted by Gasteiger charge is 2.34. The van der Waals surface area contributed by atoms with E-state index >= 15 is 0 Å².